The molecule has 21 heavy (non-hydrogen) atoms. The lowest BCUT2D eigenvalue weighted by atomic mass is 10.0. The van der Waals surface area contributed by atoms with E-state index in [1.807, 2.05) is 13.8 Å². The van der Waals surface area contributed by atoms with Crippen molar-refractivity contribution in [3.63, 3.8) is 0 Å². The van der Waals surface area contributed by atoms with Crippen molar-refractivity contribution in [3.05, 3.63) is 38.3 Å². The highest BCUT2D eigenvalue weighted by Gasteiger charge is 2.23. The minimum atomic E-state index is -1.12. The molecule has 0 spiro atoms. The number of nitro benzene ring substituents is 1. The van der Waals surface area contributed by atoms with E-state index < -0.39 is 22.8 Å². The highest BCUT2D eigenvalue weighted by Crippen LogP contribution is 2.23. The largest absolute Gasteiger partial charge is 0.480 e. The second-order valence-corrected chi connectivity index (χ2v) is 5.77. The number of nitro groups is 1. The summed E-state index contributed by atoms with van der Waals surface area (Å²) in [6, 6.07) is 2.68. The molecule has 1 aromatic rings. The third-order valence-corrected chi connectivity index (χ3v) is 3.37. The van der Waals surface area contributed by atoms with Crippen LogP contribution in [0.15, 0.2) is 22.7 Å². The number of carboxylic acids is 1. The van der Waals surface area contributed by atoms with E-state index in [-0.39, 0.29) is 21.6 Å². The molecular weight excluding hydrogens is 344 g/mol. The number of rotatable bonds is 6. The van der Waals surface area contributed by atoms with Crippen molar-refractivity contribution >= 4 is 33.5 Å². The summed E-state index contributed by atoms with van der Waals surface area (Å²) in [6.07, 6.45) is 0.297. The van der Waals surface area contributed by atoms with E-state index in [9.17, 15) is 19.7 Å². The summed E-state index contributed by atoms with van der Waals surface area (Å²) in [5.74, 6) is -1.60. The van der Waals surface area contributed by atoms with Crippen LogP contribution in [-0.4, -0.2) is 27.9 Å². The van der Waals surface area contributed by atoms with E-state index in [4.69, 9.17) is 5.11 Å². The molecule has 0 aliphatic carbocycles. The number of amides is 1. The maximum Gasteiger partial charge on any atom is 0.326 e. The van der Waals surface area contributed by atoms with Gasteiger partial charge in [0, 0.05) is 16.6 Å². The first kappa shape index (κ1) is 17.1. The molecule has 114 valence electrons. The lowest BCUT2D eigenvalue weighted by Crippen LogP contribution is -2.41. The van der Waals surface area contributed by atoms with Crippen LogP contribution in [0.5, 0.6) is 0 Å². The number of benzene rings is 1. The first-order valence-corrected chi connectivity index (χ1v) is 6.99. The van der Waals surface area contributed by atoms with Crippen LogP contribution in [0.25, 0.3) is 0 Å². The van der Waals surface area contributed by atoms with Crippen molar-refractivity contribution in [3.8, 4) is 0 Å². The molecule has 7 nitrogen and oxygen atoms in total. The second-order valence-electron chi connectivity index (χ2n) is 4.92. The fourth-order valence-corrected chi connectivity index (χ4v) is 2.28. The van der Waals surface area contributed by atoms with Crippen LogP contribution in [0.3, 0.4) is 0 Å². The average molecular weight is 359 g/mol. The Morgan fingerprint density at radius 3 is 2.48 bits per heavy atom. The van der Waals surface area contributed by atoms with Crippen molar-refractivity contribution in [2.24, 2.45) is 5.92 Å². The van der Waals surface area contributed by atoms with Gasteiger partial charge in [-0.05, 0) is 34.3 Å². The van der Waals surface area contributed by atoms with Gasteiger partial charge >= 0.3 is 5.97 Å². The van der Waals surface area contributed by atoms with Crippen LogP contribution in [0.1, 0.15) is 30.6 Å². The van der Waals surface area contributed by atoms with Gasteiger partial charge < -0.3 is 10.4 Å². The molecule has 1 atom stereocenters. The summed E-state index contributed by atoms with van der Waals surface area (Å²) in [5.41, 5.74) is -0.00834. The molecule has 0 fully saturated rings. The Bertz CT molecular complexity index is 574. The van der Waals surface area contributed by atoms with Gasteiger partial charge in [-0.15, -0.1) is 0 Å². The standard InChI is InChI=1S/C13H15BrN2O5/c1-7(2)5-11(13(18)19)15-12(17)9-4-3-8(16(20)21)6-10(9)14/h3-4,6-7,11H,5H2,1-2H3,(H,15,17)(H,18,19)/t11-/m1/s1. The molecule has 0 saturated heterocycles. The highest BCUT2D eigenvalue weighted by atomic mass is 79.9. The number of nitrogens with one attached hydrogen (secondary N) is 1. The van der Waals surface area contributed by atoms with Gasteiger partial charge in [0.15, 0.2) is 0 Å². The number of hydrogen-bond donors (Lipinski definition) is 2. The zero-order valence-corrected chi connectivity index (χ0v) is 13.1. The smallest absolute Gasteiger partial charge is 0.326 e. The summed E-state index contributed by atoms with van der Waals surface area (Å²) in [7, 11) is 0. The number of carboxylic acid groups (broad SMARTS) is 1. The predicted octanol–water partition coefficient (Wildman–Crippen LogP) is 2.59. The normalized spacial score (nSPS) is 12.0. The SMILES string of the molecule is CC(C)C[C@@H](NC(=O)c1ccc([N+](=O)[O-])cc1Br)C(=O)O. The number of non-ortho nitro benzene ring substituents is 1. The van der Waals surface area contributed by atoms with Crippen molar-refractivity contribution in [1.82, 2.24) is 5.32 Å². The van der Waals surface area contributed by atoms with Gasteiger partial charge in [-0.1, -0.05) is 13.8 Å². The van der Waals surface area contributed by atoms with Gasteiger partial charge in [-0.25, -0.2) is 4.79 Å². The van der Waals surface area contributed by atoms with E-state index in [1.165, 1.54) is 18.2 Å². The van der Waals surface area contributed by atoms with Crippen molar-refractivity contribution < 1.29 is 19.6 Å². The van der Waals surface area contributed by atoms with E-state index in [1.54, 1.807) is 0 Å². The molecule has 0 saturated carbocycles. The van der Waals surface area contributed by atoms with E-state index in [0.717, 1.165) is 0 Å². The van der Waals surface area contributed by atoms with Crippen LogP contribution in [0, 0.1) is 16.0 Å². The molecule has 0 aliphatic heterocycles. The summed E-state index contributed by atoms with van der Waals surface area (Å²) in [5, 5.41) is 22.1. The summed E-state index contributed by atoms with van der Waals surface area (Å²) in [6.45, 7) is 3.70. The van der Waals surface area contributed by atoms with Crippen molar-refractivity contribution in [1.29, 1.82) is 0 Å². The van der Waals surface area contributed by atoms with Crippen LogP contribution in [0.2, 0.25) is 0 Å². The van der Waals surface area contributed by atoms with Gasteiger partial charge in [0.25, 0.3) is 11.6 Å². The topological polar surface area (TPSA) is 110 Å². The highest BCUT2D eigenvalue weighted by molar-refractivity contribution is 9.10. The van der Waals surface area contributed by atoms with Crippen molar-refractivity contribution in [2.45, 2.75) is 26.3 Å². The molecular formula is C13H15BrN2O5. The van der Waals surface area contributed by atoms with Crippen molar-refractivity contribution in [2.75, 3.05) is 0 Å². The molecule has 2 N–H and O–H groups in total. The Labute approximate surface area is 129 Å². The molecule has 8 heteroatoms. The number of halogens is 1. The summed E-state index contributed by atoms with van der Waals surface area (Å²) in [4.78, 5) is 33.2. The molecule has 0 bridgehead atoms. The molecule has 1 aromatic carbocycles. The molecule has 0 unspecified atom stereocenters. The number of nitrogens with zero attached hydrogens (tertiary/aromatic N) is 1. The minimum absolute atomic E-state index is 0.103. The maximum atomic E-state index is 12.1. The van der Waals surface area contributed by atoms with Gasteiger partial charge in [-0.2, -0.15) is 0 Å². The first-order valence-electron chi connectivity index (χ1n) is 6.20. The fraction of sp³-hybridized carbons (Fsp3) is 0.385. The van der Waals surface area contributed by atoms with Crippen LogP contribution >= 0.6 is 15.9 Å². The predicted molar refractivity (Wildman–Crippen MR) is 79.1 cm³/mol. The Balaban J connectivity index is 2.92. The zero-order valence-electron chi connectivity index (χ0n) is 11.5. The Kier molecular flexibility index (Phi) is 5.83. The number of carbonyl (C=O) groups is 2. The van der Waals surface area contributed by atoms with E-state index in [2.05, 4.69) is 21.2 Å². The number of hydrogen-bond acceptors (Lipinski definition) is 4. The maximum absolute atomic E-state index is 12.1. The average Bonchev–Trinajstić information content (AvgIpc) is 2.36. The molecule has 1 amide bonds. The molecule has 1 rings (SSSR count). The molecule has 0 aliphatic rings. The van der Waals surface area contributed by atoms with Crippen LogP contribution in [-0.2, 0) is 4.79 Å². The molecule has 0 heterocycles. The number of aliphatic carboxylic acids is 1. The Morgan fingerprint density at radius 2 is 2.05 bits per heavy atom. The molecule has 0 radical (unpaired) electrons. The lowest BCUT2D eigenvalue weighted by Gasteiger charge is -2.16. The van der Waals surface area contributed by atoms with Gasteiger partial charge in [0.2, 0.25) is 0 Å². The molecule has 0 aromatic heterocycles. The summed E-state index contributed by atoms with van der Waals surface area (Å²) >= 11 is 3.08. The summed E-state index contributed by atoms with van der Waals surface area (Å²) < 4.78 is 0.239. The lowest BCUT2D eigenvalue weighted by molar-refractivity contribution is -0.384. The monoisotopic (exact) mass is 358 g/mol. The third kappa shape index (κ3) is 4.82. The van der Waals surface area contributed by atoms with E-state index >= 15 is 0 Å². The van der Waals surface area contributed by atoms with Gasteiger partial charge in [0.05, 0.1) is 10.5 Å². The van der Waals surface area contributed by atoms with E-state index in [0.29, 0.717) is 6.42 Å². The van der Waals surface area contributed by atoms with Gasteiger partial charge in [0.1, 0.15) is 6.04 Å². The Morgan fingerprint density at radius 1 is 1.43 bits per heavy atom. The minimum Gasteiger partial charge on any atom is -0.480 e. The zero-order chi connectivity index (χ0) is 16.2. The third-order valence-electron chi connectivity index (χ3n) is 2.72. The fourth-order valence-electron chi connectivity index (χ4n) is 1.73. The quantitative estimate of drug-likeness (QED) is 0.599. The first-order chi connectivity index (χ1) is 9.72. The van der Waals surface area contributed by atoms with Crippen LogP contribution < -0.4 is 5.32 Å². The van der Waals surface area contributed by atoms with Crippen LogP contribution in [0.4, 0.5) is 5.69 Å². The van der Waals surface area contributed by atoms with Gasteiger partial charge in [-0.3, -0.25) is 14.9 Å². The second kappa shape index (κ2) is 7.16. The Hall–Kier alpha value is -1.96. The number of carbonyl (C=O) groups excluding carboxylic acids is 1.